The van der Waals surface area contributed by atoms with Crippen LogP contribution < -0.4 is 4.90 Å². The highest BCUT2D eigenvalue weighted by atomic mass is 79.9. The molecule has 0 bridgehead atoms. The maximum Gasteiger partial charge on any atom is 0.435 e. The summed E-state index contributed by atoms with van der Waals surface area (Å²) in [6, 6.07) is -0.390. The molecule has 1 aromatic heterocycles. The SMILES string of the molecule is OC[C@@H]1C[C@H](O)CN1c1nc(C(F)(F)F)c(Br)s1. The first kappa shape index (κ1) is 14.0. The van der Waals surface area contributed by atoms with E-state index in [0.717, 1.165) is 11.3 Å². The van der Waals surface area contributed by atoms with Crippen molar-refractivity contribution in [3.8, 4) is 0 Å². The summed E-state index contributed by atoms with van der Waals surface area (Å²) >= 11 is 3.69. The molecule has 4 nitrogen and oxygen atoms in total. The first-order valence-electron chi connectivity index (χ1n) is 5.12. The summed E-state index contributed by atoms with van der Waals surface area (Å²) < 4.78 is 37.7. The minimum Gasteiger partial charge on any atom is -0.394 e. The minimum absolute atomic E-state index is 0.0944. The lowest BCUT2D eigenvalue weighted by atomic mass is 10.2. The number of hydrogen-bond acceptors (Lipinski definition) is 5. The van der Waals surface area contributed by atoms with E-state index < -0.39 is 18.0 Å². The molecule has 2 N–H and O–H groups in total. The van der Waals surface area contributed by atoms with Gasteiger partial charge < -0.3 is 15.1 Å². The van der Waals surface area contributed by atoms with Crippen LogP contribution in [0.25, 0.3) is 0 Å². The molecule has 1 saturated heterocycles. The molecule has 0 amide bonds. The second-order valence-electron chi connectivity index (χ2n) is 3.99. The summed E-state index contributed by atoms with van der Waals surface area (Å²) in [6.07, 6.45) is -4.84. The number of rotatable bonds is 2. The Morgan fingerprint density at radius 3 is 2.67 bits per heavy atom. The van der Waals surface area contributed by atoms with Crippen molar-refractivity contribution in [1.29, 1.82) is 0 Å². The first-order chi connectivity index (χ1) is 8.32. The molecule has 0 radical (unpaired) electrons. The lowest BCUT2D eigenvalue weighted by Gasteiger charge is -2.21. The van der Waals surface area contributed by atoms with E-state index in [2.05, 4.69) is 20.9 Å². The molecule has 1 fully saturated rings. The molecule has 18 heavy (non-hydrogen) atoms. The predicted molar refractivity (Wildman–Crippen MR) is 63.7 cm³/mol. The Kier molecular flexibility index (Phi) is 3.86. The molecule has 0 spiro atoms. The van der Waals surface area contributed by atoms with E-state index in [0.29, 0.717) is 6.42 Å². The molecule has 2 rings (SSSR count). The predicted octanol–water partition coefficient (Wildman–Crippen LogP) is 1.86. The second kappa shape index (κ2) is 4.95. The second-order valence-corrected chi connectivity index (χ2v) is 6.29. The Labute approximate surface area is 113 Å². The van der Waals surface area contributed by atoms with Crippen LogP contribution >= 0.6 is 27.3 Å². The van der Waals surface area contributed by atoms with Crippen molar-refractivity contribution in [2.75, 3.05) is 18.1 Å². The van der Waals surface area contributed by atoms with Crippen molar-refractivity contribution in [3.63, 3.8) is 0 Å². The van der Waals surface area contributed by atoms with Crippen molar-refractivity contribution in [2.24, 2.45) is 0 Å². The van der Waals surface area contributed by atoms with E-state index in [1.165, 1.54) is 4.90 Å². The number of nitrogens with zero attached hydrogens (tertiary/aromatic N) is 2. The van der Waals surface area contributed by atoms with Crippen molar-refractivity contribution in [2.45, 2.75) is 24.7 Å². The molecule has 0 aromatic carbocycles. The van der Waals surface area contributed by atoms with Gasteiger partial charge in [0.15, 0.2) is 10.8 Å². The Bertz CT molecular complexity index is 440. The largest absolute Gasteiger partial charge is 0.435 e. The normalized spacial score (nSPS) is 24.9. The van der Waals surface area contributed by atoms with Crippen LogP contribution in [0.1, 0.15) is 12.1 Å². The highest BCUT2D eigenvalue weighted by Crippen LogP contribution is 2.41. The van der Waals surface area contributed by atoms with Crippen LogP contribution in [0.3, 0.4) is 0 Å². The van der Waals surface area contributed by atoms with Crippen molar-refractivity contribution >= 4 is 32.4 Å². The number of halogens is 4. The third kappa shape index (κ3) is 2.63. The van der Waals surface area contributed by atoms with E-state index >= 15 is 0 Å². The van der Waals surface area contributed by atoms with Crippen LogP contribution in [0.4, 0.5) is 18.3 Å². The Morgan fingerprint density at radius 2 is 2.17 bits per heavy atom. The van der Waals surface area contributed by atoms with Gasteiger partial charge in [0.1, 0.15) is 3.79 Å². The molecule has 1 aromatic rings. The molecule has 102 valence electrons. The zero-order valence-corrected chi connectivity index (χ0v) is 11.4. The zero-order valence-electron chi connectivity index (χ0n) is 8.98. The van der Waals surface area contributed by atoms with Gasteiger partial charge in [0.2, 0.25) is 0 Å². The van der Waals surface area contributed by atoms with E-state index in [1.54, 1.807) is 0 Å². The summed E-state index contributed by atoms with van der Waals surface area (Å²) in [5, 5.41) is 18.8. The molecule has 1 aliphatic rings. The molecule has 2 heterocycles. The first-order valence-corrected chi connectivity index (χ1v) is 6.73. The summed E-state index contributed by atoms with van der Waals surface area (Å²) in [5.41, 5.74) is -0.972. The fraction of sp³-hybridized carbons (Fsp3) is 0.667. The van der Waals surface area contributed by atoms with Crippen molar-refractivity contribution in [1.82, 2.24) is 4.98 Å². The van der Waals surface area contributed by atoms with E-state index in [-0.39, 0.29) is 28.1 Å². The standard InChI is InChI=1S/C9H10BrF3N2O2S/c10-7-6(9(11,12)13)14-8(18-7)15-2-5(17)1-4(15)3-16/h4-5,16-17H,1-3H2/t4-,5-/m0/s1. The maximum absolute atomic E-state index is 12.6. The fourth-order valence-corrected chi connectivity index (χ4v) is 3.53. The fourth-order valence-electron chi connectivity index (χ4n) is 1.89. The lowest BCUT2D eigenvalue weighted by molar-refractivity contribution is -0.141. The highest BCUT2D eigenvalue weighted by Gasteiger charge is 2.39. The van der Waals surface area contributed by atoms with Gasteiger partial charge in [0.25, 0.3) is 0 Å². The molecular formula is C9H10BrF3N2O2S. The molecule has 0 unspecified atom stereocenters. The number of aliphatic hydroxyl groups is 2. The van der Waals surface area contributed by atoms with Gasteiger partial charge in [-0.2, -0.15) is 13.2 Å². The van der Waals surface area contributed by atoms with Crippen LogP contribution in [0.15, 0.2) is 3.79 Å². The molecular weight excluding hydrogens is 337 g/mol. The molecule has 0 saturated carbocycles. The van der Waals surface area contributed by atoms with Gasteiger partial charge in [-0.05, 0) is 22.4 Å². The number of alkyl halides is 3. The lowest BCUT2D eigenvalue weighted by Crippen LogP contribution is -2.32. The Morgan fingerprint density at radius 1 is 1.50 bits per heavy atom. The van der Waals surface area contributed by atoms with Gasteiger partial charge in [-0.1, -0.05) is 11.3 Å². The topological polar surface area (TPSA) is 56.6 Å². The average Bonchev–Trinajstić information content (AvgIpc) is 2.80. The average molecular weight is 347 g/mol. The van der Waals surface area contributed by atoms with E-state index in [9.17, 15) is 18.3 Å². The van der Waals surface area contributed by atoms with E-state index in [1.807, 2.05) is 0 Å². The Balaban J connectivity index is 2.29. The summed E-state index contributed by atoms with van der Waals surface area (Å²) in [5.74, 6) is 0. The third-order valence-corrected chi connectivity index (χ3v) is 4.43. The number of thiazole rings is 1. The van der Waals surface area contributed by atoms with Gasteiger partial charge in [0.05, 0.1) is 18.8 Å². The number of aromatic nitrogens is 1. The van der Waals surface area contributed by atoms with Crippen LogP contribution in [-0.2, 0) is 6.18 Å². The number of hydrogen-bond donors (Lipinski definition) is 2. The molecule has 1 aliphatic heterocycles. The van der Waals surface area contributed by atoms with Crippen LogP contribution in [0, 0.1) is 0 Å². The summed E-state index contributed by atoms with van der Waals surface area (Å²) in [6.45, 7) is -0.0436. The number of anilines is 1. The maximum atomic E-state index is 12.6. The van der Waals surface area contributed by atoms with Crippen molar-refractivity contribution < 1.29 is 23.4 Å². The molecule has 2 atom stereocenters. The van der Waals surface area contributed by atoms with Gasteiger partial charge in [0, 0.05) is 6.54 Å². The van der Waals surface area contributed by atoms with Crippen LogP contribution in [0.2, 0.25) is 0 Å². The number of aliphatic hydroxyl groups excluding tert-OH is 2. The zero-order chi connectivity index (χ0) is 13.5. The Hall–Kier alpha value is -0.380. The number of β-amino-alcohol motifs (C(OH)–C–C–N with tert-alkyl or cyclic N) is 1. The molecule has 0 aliphatic carbocycles. The van der Waals surface area contributed by atoms with Gasteiger partial charge in [-0.3, -0.25) is 0 Å². The third-order valence-electron chi connectivity index (χ3n) is 2.69. The summed E-state index contributed by atoms with van der Waals surface area (Å²) in [4.78, 5) is 5.06. The summed E-state index contributed by atoms with van der Waals surface area (Å²) in [7, 11) is 0. The van der Waals surface area contributed by atoms with Gasteiger partial charge in [-0.25, -0.2) is 4.98 Å². The van der Waals surface area contributed by atoms with Crippen LogP contribution in [0.5, 0.6) is 0 Å². The highest BCUT2D eigenvalue weighted by molar-refractivity contribution is 9.11. The van der Waals surface area contributed by atoms with Crippen LogP contribution in [-0.4, -0.2) is 40.5 Å². The van der Waals surface area contributed by atoms with Gasteiger partial charge in [-0.15, -0.1) is 0 Å². The smallest absolute Gasteiger partial charge is 0.394 e. The molecule has 9 heteroatoms. The quantitative estimate of drug-likeness (QED) is 0.858. The minimum atomic E-state index is -4.51. The van der Waals surface area contributed by atoms with E-state index in [4.69, 9.17) is 5.11 Å². The van der Waals surface area contributed by atoms with Gasteiger partial charge >= 0.3 is 6.18 Å². The van der Waals surface area contributed by atoms with Crippen molar-refractivity contribution in [3.05, 3.63) is 9.48 Å². The monoisotopic (exact) mass is 346 g/mol.